The lowest BCUT2D eigenvalue weighted by Crippen LogP contribution is -1.93. The molecular formula is C6H5BrO2S2. The van der Waals surface area contributed by atoms with Gasteiger partial charge in [0.25, 0.3) is 0 Å². The first-order chi connectivity index (χ1) is 5.16. The number of aromatic carboxylic acids is 1. The van der Waals surface area contributed by atoms with Gasteiger partial charge in [-0.05, 0) is 22.2 Å². The van der Waals surface area contributed by atoms with Crippen molar-refractivity contribution >= 4 is 45.0 Å². The topological polar surface area (TPSA) is 37.3 Å². The fourth-order valence-electron chi connectivity index (χ4n) is 0.664. The van der Waals surface area contributed by atoms with Crippen LogP contribution in [-0.2, 0) is 0 Å². The zero-order valence-electron chi connectivity index (χ0n) is 5.63. The second kappa shape index (κ2) is 3.60. The number of carboxylic acid groups (broad SMARTS) is 1. The molecule has 60 valence electrons. The van der Waals surface area contributed by atoms with E-state index in [0.717, 1.165) is 9.37 Å². The Morgan fingerprint density at radius 1 is 1.82 bits per heavy atom. The maximum absolute atomic E-state index is 10.6. The Kier molecular flexibility index (Phi) is 2.98. The Bertz CT molecular complexity index is 282. The minimum atomic E-state index is -0.856. The van der Waals surface area contributed by atoms with Gasteiger partial charge in [0.1, 0.15) is 4.88 Å². The zero-order chi connectivity index (χ0) is 8.43. The lowest BCUT2D eigenvalue weighted by atomic mass is 10.5. The second-order valence-electron chi connectivity index (χ2n) is 1.75. The maximum atomic E-state index is 10.6. The van der Waals surface area contributed by atoms with Crippen molar-refractivity contribution in [2.75, 3.05) is 6.26 Å². The van der Waals surface area contributed by atoms with Gasteiger partial charge in [0.2, 0.25) is 0 Å². The number of carboxylic acids is 1. The van der Waals surface area contributed by atoms with E-state index in [4.69, 9.17) is 5.11 Å². The largest absolute Gasteiger partial charge is 0.477 e. The van der Waals surface area contributed by atoms with Crippen molar-refractivity contribution in [2.24, 2.45) is 0 Å². The van der Waals surface area contributed by atoms with Gasteiger partial charge in [-0.1, -0.05) is 0 Å². The SMILES string of the molecule is CSc1c(Br)csc1C(=O)O. The van der Waals surface area contributed by atoms with Crippen LogP contribution in [0.3, 0.4) is 0 Å². The molecular weight excluding hydrogens is 248 g/mol. The van der Waals surface area contributed by atoms with Gasteiger partial charge < -0.3 is 5.11 Å². The summed E-state index contributed by atoms with van der Waals surface area (Å²) in [6.07, 6.45) is 1.86. The van der Waals surface area contributed by atoms with Crippen LogP contribution in [0, 0.1) is 0 Å². The number of thiophene rings is 1. The van der Waals surface area contributed by atoms with Gasteiger partial charge in [0, 0.05) is 14.7 Å². The first-order valence-electron chi connectivity index (χ1n) is 2.71. The lowest BCUT2D eigenvalue weighted by Gasteiger charge is -1.93. The normalized spacial score (nSPS) is 10.0. The predicted molar refractivity (Wildman–Crippen MR) is 50.8 cm³/mol. The highest BCUT2D eigenvalue weighted by atomic mass is 79.9. The molecule has 0 aromatic carbocycles. The summed E-state index contributed by atoms with van der Waals surface area (Å²) < 4.78 is 0.868. The first-order valence-corrected chi connectivity index (χ1v) is 5.60. The van der Waals surface area contributed by atoms with E-state index in [1.165, 1.54) is 23.1 Å². The van der Waals surface area contributed by atoms with E-state index >= 15 is 0 Å². The summed E-state index contributed by atoms with van der Waals surface area (Å²) in [5.74, 6) is -0.856. The third kappa shape index (κ3) is 1.77. The van der Waals surface area contributed by atoms with E-state index in [9.17, 15) is 4.79 Å². The predicted octanol–water partition coefficient (Wildman–Crippen LogP) is 2.93. The van der Waals surface area contributed by atoms with Crippen LogP contribution in [0.4, 0.5) is 0 Å². The maximum Gasteiger partial charge on any atom is 0.347 e. The van der Waals surface area contributed by atoms with Crippen LogP contribution in [0.5, 0.6) is 0 Å². The van der Waals surface area contributed by atoms with E-state index in [-0.39, 0.29) is 0 Å². The van der Waals surface area contributed by atoms with Crippen molar-refractivity contribution in [3.63, 3.8) is 0 Å². The van der Waals surface area contributed by atoms with Crippen LogP contribution in [0.25, 0.3) is 0 Å². The number of hydrogen-bond acceptors (Lipinski definition) is 3. The minimum Gasteiger partial charge on any atom is -0.477 e. The average Bonchev–Trinajstić information content (AvgIpc) is 2.30. The Hall–Kier alpha value is -0.000000000000000111. The molecule has 0 amide bonds. The van der Waals surface area contributed by atoms with Crippen molar-refractivity contribution in [1.29, 1.82) is 0 Å². The summed E-state index contributed by atoms with van der Waals surface area (Å²) in [7, 11) is 0. The summed E-state index contributed by atoms with van der Waals surface area (Å²) in [4.78, 5) is 11.8. The van der Waals surface area contributed by atoms with Gasteiger partial charge >= 0.3 is 5.97 Å². The molecule has 0 saturated heterocycles. The van der Waals surface area contributed by atoms with Crippen molar-refractivity contribution in [3.05, 3.63) is 14.7 Å². The van der Waals surface area contributed by atoms with Crippen LogP contribution in [0.1, 0.15) is 9.67 Å². The highest BCUT2D eigenvalue weighted by Gasteiger charge is 2.14. The summed E-state index contributed by atoms with van der Waals surface area (Å²) in [5.41, 5.74) is 0. The number of hydrogen-bond donors (Lipinski definition) is 1. The van der Waals surface area contributed by atoms with Crippen molar-refractivity contribution in [2.45, 2.75) is 4.90 Å². The molecule has 11 heavy (non-hydrogen) atoms. The highest BCUT2D eigenvalue weighted by Crippen LogP contribution is 2.34. The van der Waals surface area contributed by atoms with Gasteiger partial charge in [-0.15, -0.1) is 23.1 Å². The fraction of sp³-hybridized carbons (Fsp3) is 0.167. The number of rotatable bonds is 2. The van der Waals surface area contributed by atoms with Gasteiger partial charge in [0.15, 0.2) is 0 Å². The van der Waals surface area contributed by atoms with E-state index in [2.05, 4.69) is 15.9 Å². The molecule has 0 saturated carbocycles. The second-order valence-corrected chi connectivity index (χ2v) is 4.30. The van der Waals surface area contributed by atoms with Crippen molar-refractivity contribution in [1.82, 2.24) is 0 Å². The van der Waals surface area contributed by atoms with E-state index in [1.807, 2.05) is 6.26 Å². The molecule has 1 N–H and O–H groups in total. The van der Waals surface area contributed by atoms with Crippen molar-refractivity contribution < 1.29 is 9.90 Å². The Morgan fingerprint density at radius 3 is 2.82 bits per heavy atom. The van der Waals surface area contributed by atoms with E-state index < -0.39 is 5.97 Å². The third-order valence-electron chi connectivity index (χ3n) is 1.10. The lowest BCUT2D eigenvalue weighted by molar-refractivity contribution is 0.0698. The first kappa shape index (κ1) is 9.09. The summed E-state index contributed by atoms with van der Waals surface area (Å²) in [5, 5.41) is 10.5. The summed E-state index contributed by atoms with van der Waals surface area (Å²) in [6.45, 7) is 0. The molecule has 5 heteroatoms. The van der Waals surface area contributed by atoms with E-state index in [0.29, 0.717) is 4.88 Å². The molecule has 0 aliphatic heterocycles. The van der Waals surface area contributed by atoms with Crippen LogP contribution in [-0.4, -0.2) is 17.3 Å². The number of carbonyl (C=O) groups is 1. The molecule has 0 spiro atoms. The fourth-order valence-corrected chi connectivity index (χ4v) is 3.41. The molecule has 0 fully saturated rings. The van der Waals surface area contributed by atoms with E-state index in [1.54, 1.807) is 5.38 Å². The smallest absolute Gasteiger partial charge is 0.347 e. The molecule has 0 atom stereocenters. The van der Waals surface area contributed by atoms with Crippen molar-refractivity contribution in [3.8, 4) is 0 Å². The molecule has 0 radical (unpaired) electrons. The summed E-state index contributed by atoms with van der Waals surface area (Å²) >= 11 is 5.95. The molecule has 0 aliphatic rings. The van der Waals surface area contributed by atoms with Gasteiger partial charge in [-0.2, -0.15) is 0 Å². The number of halogens is 1. The van der Waals surface area contributed by atoms with Gasteiger partial charge in [0.05, 0.1) is 0 Å². The molecule has 1 aromatic rings. The quantitative estimate of drug-likeness (QED) is 0.823. The Labute approximate surface area is 80.7 Å². The molecule has 1 aromatic heterocycles. The minimum absolute atomic E-state index is 0.407. The number of thioether (sulfide) groups is 1. The molecule has 2 nitrogen and oxygen atoms in total. The molecule has 1 heterocycles. The van der Waals surface area contributed by atoms with Crippen LogP contribution >= 0.6 is 39.0 Å². The standard InChI is InChI=1S/C6H5BrO2S2/c1-10-4-3(7)2-11-5(4)6(8)9/h2H,1H3,(H,8,9). The van der Waals surface area contributed by atoms with Gasteiger partial charge in [-0.3, -0.25) is 0 Å². The third-order valence-corrected chi connectivity index (χ3v) is 4.22. The summed E-state index contributed by atoms with van der Waals surface area (Å²) in [6, 6.07) is 0. The van der Waals surface area contributed by atoms with Crippen LogP contribution < -0.4 is 0 Å². The molecule has 0 bridgehead atoms. The Morgan fingerprint density at radius 2 is 2.45 bits per heavy atom. The highest BCUT2D eigenvalue weighted by molar-refractivity contribution is 9.10. The average molecular weight is 253 g/mol. The zero-order valence-corrected chi connectivity index (χ0v) is 8.85. The molecule has 1 rings (SSSR count). The molecule has 0 aliphatic carbocycles. The monoisotopic (exact) mass is 252 g/mol. The van der Waals surface area contributed by atoms with Crippen LogP contribution in [0.15, 0.2) is 14.7 Å². The van der Waals surface area contributed by atoms with Gasteiger partial charge in [-0.25, -0.2) is 4.79 Å². The Balaban J connectivity index is 3.15. The van der Waals surface area contributed by atoms with Crippen LogP contribution in [0.2, 0.25) is 0 Å². The molecule has 0 unspecified atom stereocenters.